The van der Waals surface area contributed by atoms with Crippen LogP contribution in [-0.2, 0) is 9.59 Å². The smallest absolute Gasteiger partial charge is 0.311 e. The molecule has 0 radical (unpaired) electrons. The van der Waals surface area contributed by atoms with E-state index in [1.807, 2.05) is 19.9 Å². The topological polar surface area (TPSA) is 95.5 Å². The molecule has 136 valence electrons. The number of carboxylic acid groups (broad SMARTS) is 1. The number of hydrogen-bond donors (Lipinski definition) is 3. The highest BCUT2D eigenvalue weighted by Gasteiger charge is 2.39. The van der Waals surface area contributed by atoms with E-state index < -0.39 is 11.4 Å². The Kier molecular flexibility index (Phi) is 6.17. The van der Waals surface area contributed by atoms with Gasteiger partial charge in [-0.15, -0.1) is 0 Å². The molecule has 0 atom stereocenters. The van der Waals surface area contributed by atoms with Gasteiger partial charge in [-0.2, -0.15) is 0 Å². The Labute approximate surface area is 148 Å². The van der Waals surface area contributed by atoms with Crippen LogP contribution < -0.4 is 10.6 Å². The van der Waals surface area contributed by atoms with Gasteiger partial charge in [0, 0.05) is 12.1 Å². The molecule has 0 heterocycles. The molecule has 2 amide bonds. The van der Waals surface area contributed by atoms with E-state index in [9.17, 15) is 19.5 Å². The third-order valence-corrected chi connectivity index (χ3v) is 5.07. The van der Waals surface area contributed by atoms with Gasteiger partial charge in [-0.3, -0.25) is 14.4 Å². The zero-order valence-electron chi connectivity index (χ0n) is 14.9. The van der Waals surface area contributed by atoms with Gasteiger partial charge in [0.25, 0.3) is 5.91 Å². The zero-order valence-corrected chi connectivity index (χ0v) is 14.9. The highest BCUT2D eigenvalue weighted by atomic mass is 16.4. The van der Waals surface area contributed by atoms with Crippen LogP contribution in [0.25, 0.3) is 0 Å². The van der Waals surface area contributed by atoms with Crippen molar-refractivity contribution in [2.45, 2.75) is 46.0 Å². The number of hydrogen-bond acceptors (Lipinski definition) is 3. The Morgan fingerprint density at radius 2 is 1.72 bits per heavy atom. The molecule has 1 aliphatic carbocycles. The molecule has 0 aliphatic heterocycles. The van der Waals surface area contributed by atoms with Gasteiger partial charge in [0.15, 0.2) is 0 Å². The standard InChI is InChI=1S/C19H26N2O4/c1-13-6-7-15(10-14(13)2)17(23)20-11-16(22)21-12-19(18(24)25)8-4-3-5-9-19/h6-7,10H,3-5,8-9,11-12H2,1-2H3,(H,20,23)(H,21,22)(H,24,25). The monoisotopic (exact) mass is 346 g/mol. The van der Waals surface area contributed by atoms with Crippen molar-refractivity contribution in [1.82, 2.24) is 10.6 Å². The number of carbonyl (C=O) groups excluding carboxylic acids is 2. The molecule has 3 N–H and O–H groups in total. The molecule has 6 heteroatoms. The van der Waals surface area contributed by atoms with Gasteiger partial charge in [0.2, 0.25) is 5.91 Å². The Balaban J connectivity index is 1.84. The highest BCUT2D eigenvalue weighted by molar-refractivity contribution is 5.96. The van der Waals surface area contributed by atoms with Crippen LogP contribution in [0.15, 0.2) is 18.2 Å². The molecule has 0 spiro atoms. The number of benzene rings is 1. The summed E-state index contributed by atoms with van der Waals surface area (Å²) < 4.78 is 0. The normalized spacial score (nSPS) is 16.1. The molecule has 1 aliphatic rings. The van der Waals surface area contributed by atoms with Crippen LogP contribution in [0.4, 0.5) is 0 Å². The van der Waals surface area contributed by atoms with Gasteiger partial charge in [-0.25, -0.2) is 0 Å². The lowest BCUT2D eigenvalue weighted by Crippen LogP contribution is -2.46. The summed E-state index contributed by atoms with van der Waals surface area (Å²) in [5.41, 5.74) is 1.75. The number of aliphatic carboxylic acids is 1. The summed E-state index contributed by atoms with van der Waals surface area (Å²) in [5.74, 6) is -1.54. The summed E-state index contributed by atoms with van der Waals surface area (Å²) in [6.07, 6.45) is 3.93. The lowest BCUT2D eigenvalue weighted by molar-refractivity contribution is -0.151. The van der Waals surface area contributed by atoms with Gasteiger partial charge in [0.1, 0.15) is 0 Å². The van der Waals surface area contributed by atoms with Gasteiger partial charge < -0.3 is 15.7 Å². The number of carbonyl (C=O) groups is 3. The van der Waals surface area contributed by atoms with E-state index in [2.05, 4.69) is 10.6 Å². The van der Waals surface area contributed by atoms with E-state index in [1.165, 1.54) is 0 Å². The van der Waals surface area contributed by atoms with Crippen LogP contribution in [0.1, 0.15) is 53.6 Å². The fourth-order valence-electron chi connectivity index (χ4n) is 3.17. The fourth-order valence-corrected chi connectivity index (χ4v) is 3.17. The van der Waals surface area contributed by atoms with E-state index in [-0.39, 0.29) is 24.9 Å². The maximum Gasteiger partial charge on any atom is 0.311 e. The summed E-state index contributed by atoms with van der Waals surface area (Å²) in [7, 11) is 0. The number of amides is 2. The predicted molar refractivity (Wildman–Crippen MR) is 94.4 cm³/mol. The summed E-state index contributed by atoms with van der Waals surface area (Å²) in [6.45, 7) is 3.84. The molecule has 2 rings (SSSR count). The Bertz CT molecular complexity index is 663. The van der Waals surface area contributed by atoms with E-state index in [4.69, 9.17) is 0 Å². The maximum atomic E-state index is 12.1. The lowest BCUT2D eigenvalue weighted by atomic mass is 9.74. The zero-order chi connectivity index (χ0) is 18.4. The molecule has 25 heavy (non-hydrogen) atoms. The van der Waals surface area contributed by atoms with Gasteiger partial charge in [-0.05, 0) is 49.9 Å². The second-order valence-electron chi connectivity index (χ2n) is 6.90. The van der Waals surface area contributed by atoms with E-state index in [0.29, 0.717) is 18.4 Å². The van der Waals surface area contributed by atoms with Gasteiger partial charge in [0.05, 0.1) is 12.0 Å². The summed E-state index contributed by atoms with van der Waals surface area (Å²) in [4.78, 5) is 35.7. The van der Waals surface area contributed by atoms with Crippen LogP contribution in [0, 0.1) is 19.3 Å². The van der Waals surface area contributed by atoms with E-state index in [1.54, 1.807) is 12.1 Å². The van der Waals surface area contributed by atoms with Crippen molar-refractivity contribution in [3.05, 3.63) is 34.9 Å². The van der Waals surface area contributed by atoms with Crippen molar-refractivity contribution < 1.29 is 19.5 Å². The molecule has 0 aromatic heterocycles. The first-order valence-corrected chi connectivity index (χ1v) is 8.70. The minimum absolute atomic E-state index is 0.112. The lowest BCUT2D eigenvalue weighted by Gasteiger charge is -2.33. The molecule has 1 aromatic carbocycles. The minimum Gasteiger partial charge on any atom is -0.481 e. The molecule has 1 saturated carbocycles. The van der Waals surface area contributed by atoms with Crippen molar-refractivity contribution >= 4 is 17.8 Å². The van der Waals surface area contributed by atoms with Crippen molar-refractivity contribution in [3.63, 3.8) is 0 Å². The average molecular weight is 346 g/mol. The quantitative estimate of drug-likeness (QED) is 0.736. The van der Waals surface area contributed by atoms with Crippen LogP contribution in [0.2, 0.25) is 0 Å². The van der Waals surface area contributed by atoms with Crippen molar-refractivity contribution in [2.24, 2.45) is 5.41 Å². The number of nitrogens with one attached hydrogen (secondary N) is 2. The Hall–Kier alpha value is -2.37. The largest absolute Gasteiger partial charge is 0.481 e. The summed E-state index contributed by atoms with van der Waals surface area (Å²) in [5, 5.41) is 14.7. The van der Waals surface area contributed by atoms with Crippen LogP contribution in [-0.4, -0.2) is 36.0 Å². The minimum atomic E-state index is -0.869. The third-order valence-electron chi connectivity index (χ3n) is 5.07. The molecule has 1 fully saturated rings. The first kappa shape index (κ1) is 19.0. The molecule has 0 bridgehead atoms. The van der Waals surface area contributed by atoms with Gasteiger partial charge in [-0.1, -0.05) is 25.3 Å². The van der Waals surface area contributed by atoms with Crippen LogP contribution in [0.5, 0.6) is 0 Å². The molecule has 1 aromatic rings. The molecular formula is C19H26N2O4. The predicted octanol–water partition coefficient (Wildman–Crippen LogP) is 2.18. The number of carboxylic acids is 1. The maximum absolute atomic E-state index is 12.1. The first-order valence-electron chi connectivity index (χ1n) is 8.70. The molecule has 0 unspecified atom stereocenters. The first-order chi connectivity index (χ1) is 11.8. The number of rotatable bonds is 6. The summed E-state index contributed by atoms with van der Waals surface area (Å²) >= 11 is 0. The molecule has 0 saturated heterocycles. The van der Waals surface area contributed by atoms with Crippen molar-refractivity contribution in [1.29, 1.82) is 0 Å². The SMILES string of the molecule is Cc1ccc(C(=O)NCC(=O)NCC2(C(=O)O)CCCCC2)cc1C. The van der Waals surface area contributed by atoms with Gasteiger partial charge >= 0.3 is 5.97 Å². The van der Waals surface area contributed by atoms with Crippen LogP contribution in [0.3, 0.4) is 0 Å². The van der Waals surface area contributed by atoms with Crippen molar-refractivity contribution in [2.75, 3.05) is 13.1 Å². The molecular weight excluding hydrogens is 320 g/mol. The van der Waals surface area contributed by atoms with Crippen LogP contribution >= 0.6 is 0 Å². The third kappa shape index (κ3) is 4.81. The highest BCUT2D eigenvalue weighted by Crippen LogP contribution is 2.35. The van der Waals surface area contributed by atoms with E-state index >= 15 is 0 Å². The fraction of sp³-hybridized carbons (Fsp3) is 0.526. The Morgan fingerprint density at radius 3 is 2.32 bits per heavy atom. The average Bonchev–Trinajstić information content (AvgIpc) is 2.60. The van der Waals surface area contributed by atoms with E-state index in [0.717, 1.165) is 30.4 Å². The molecule has 6 nitrogen and oxygen atoms in total. The second kappa shape index (κ2) is 8.14. The Morgan fingerprint density at radius 1 is 1.04 bits per heavy atom. The number of aryl methyl sites for hydroxylation is 2. The van der Waals surface area contributed by atoms with Crippen molar-refractivity contribution in [3.8, 4) is 0 Å². The second-order valence-corrected chi connectivity index (χ2v) is 6.90. The summed E-state index contributed by atoms with van der Waals surface area (Å²) in [6, 6.07) is 5.37.